The predicted molar refractivity (Wildman–Crippen MR) is 64.3 cm³/mol. The van der Waals surface area contributed by atoms with Gasteiger partial charge < -0.3 is 15.4 Å². The van der Waals surface area contributed by atoms with E-state index < -0.39 is 0 Å². The van der Waals surface area contributed by atoms with Crippen LogP contribution in [0.1, 0.15) is 21.6 Å². The maximum Gasteiger partial charge on any atom is 0.267 e. The predicted octanol–water partition coefficient (Wildman–Crippen LogP) is 1.44. The highest BCUT2D eigenvalue weighted by molar-refractivity contribution is 5.92. The van der Waals surface area contributed by atoms with Crippen LogP contribution in [0.2, 0.25) is 0 Å². The van der Waals surface area contributed by atoms with Crippen LogP contribution in [0.4, 0.5) is 0 Å². The summed E-state index contributed by atoms with van der Waals surface area (Å²) < 4.78 is 0. The minimum atomic E-state index is -0.124. The van der Waals surface area contributed by atoms with Crippen molar-refractivity contribution in [2.24, 2.45) is 0 Å². The fourth-order valence-corrected chi connectivity index (χ4v) is 1.51. The van der Waals surface area contributed by atoms with Crippen LogP contribution in [-0.2, 0) is 13.2 Å². The molecule has 0 unspecified atom stereocenters. The average molecular weight is 230 g/mol. The van der Waals surface area contributed by atoms with Crippen molar-refractivity contribution in [1.82, 2.24) is 10.3 Å². The van der Waals surface area contributed by atoms with E-state index in [0.717, 1.165) is 11.1 Å². The fraction of sp³-hybridized carbons (Fsp3) is 0.154. The molecule has 4 heteroatoms. The Bertz CT molecular complexity index is 475. The van der Waals surface area contributed by atoms with Gasteiger partial charge in [0, 0.05) is 12.7 Å². The molecule has 0 spiro atoms. The molecule has 0 bridgehead atoms. The van der Waals surface area contributed by atoms with E-state index in [-0.39, 0.29) is 12.5 Å². The highest BCUT2D eigenvalue weighted by Crippen LogP contribution is 2.04. The van der Waals surface area contributed by atoms with Crippen molar-refractivity contribution in [3.8, 4) is 0 Å². The van der Waals surface area contributed by atoms with Crippen molar-refractivity contribution in [2.45, 2.75) is 13.2 Å². The second kappa shape index (κ2) is 5.32. The van der Waals surface area contributed by atoms with Crippen molar-refractivity contribution in [3.63, 3.8) is 0 Å². The summed E-state index contributed by atoms with van der Waals surface area (Å²) in [5.74, 6) is -0.124. The van der Waals surface area contributed by atoms with E-state index in [1.165, 1.54) is 0 Å². The highest BCUT2D eigenvalue weighted by Gasteiger charge is 2.04. The number of hydrogen-bond acceptors (Lipinski definition) is 2. The van der Waals surface area contributed by atoms with Gasteiger partial charge >= 0.3 is 0 Å². The first-order chi connectivity index (χ1) is 8.29. The smallest absolute Gasteiger partial charge is 0.267 e. The Morgan fingerprint density at radius 1 is 1.18 bits per heavy atom. The number of aromatic nitrogens is 1. The van der Waals surface area contributed by atoms with Crippen molar-refractivity contribution in [3.05, 3.63) is 59.4 Å². The van der Waals surface area contributed by atoms with Gasteiger partial charge in [-0.05, 0) is 23.3 Å². The molecule has 3 N–H and O–H groups in total. The zero-order valence-corrected chi connectivity index (χ0v) is 9.31. The quantitative estimate of drug-likeness (QED) is 0.744. The first-order valence-electron chi connectivity index (χ1n) is 5.40. The van der Waals surface area contributed by atoms with Crippen molar-refractivity contribution < 1.29 is 9.90 Å². The summed E-state index contributed by atoms with van der Waals surface area (Å²) in [5, 5.41) is 11.7. The zero-order chi connectivity index (χ0) is 12.1. The first-order valence-corrected chi connectivity index (χ1v) is 5.40. The lowest BCUT2D eigenvalue weighted by Gasteiger charge is -2.04. The topological polar surface area (TPSA) is 65.1 Å². The van der Waals surface area contributed by atoms with Crippen LogP contribution < -0.4 is 5.32 Å². The van der Waals surface area contributed by atoms with Crippen LogP contribution in [-0.4, -0.2) is 16.0 Å². The van der Waals surface area contributed by atoms with Crippen LogP contribution in [0.25, 0.3) is 0 Å². The average Bonchev–Trinajstić information content (AvgIpc) is 2.90. The molecular weight excluding hydrogens is 216 g/mol. The van der Waals surface area contributed by atoms with Crippen LogP contribution >= 0.6 is 0 Å². The molecule has 0 saturated heterocycles. The maximum absolute atomic E-state index is 11.6. The van der Waals surface area contributed by atoms with Gasteiger partial charge in [-0.2, -0.15) is 0 Å². The van der Waals surface area contributed by atoms with E-state index in [2.05, 4.69) is 10.3 Å². The molecule has 1 heterocycles. The van der Waals surface area contributed by atoms with Crippen LogP contribution in [0, 0.1) is 0 Å². The number of rotatable bonds is 4. The Labute approximate surface area is 99.3 Å². The fourth-order valence-electron chi connectivity index (χ4n) is 1.51. The Morgan fingerprint density at radius 2 is 1.88 bits per heavy atom. The number of H-pyrrole nitrogens is 1. The normalized spacial score (nSPS) is 10.2. The van der Waals surface area contributed by atoms with Gasteiger partial charge in [0.25, 0.3) is 5.91 Å². The van der Waals surface area contributed by atoms with Gasteiger partial charge in [-0.3, -0.25) is 4.79 Å². The Kier molecular flexibility index (Phi) is 3.57. The van der Waals surface area contributed by atoms with E-state index in [4.69, 9.17) is 5.11 Å². The number of amides is 1. The Morgan fingerprint density at radius 3 is 2.47 bits per heavy atom. The van der Waals surface area contributed by atoms with Crippen molar-refractivity contribution >= 4 is 5.91 Å². The third kappa shape index (κ3) is 2.95. The lowest BCUT2D eigenvalue weighted by Crippen LogP contribution is -2.22. The molecule has 0 aliphatic heterocycles. The van der Waals surface area contributed by atoms with Gasteiger partial charge in [0.15, 0.2) is 0 Å². The molecule has 2 aromatic rings. The summed E-state index contributed by atoms with van der Waals surface area (Å²) in [6, 6.07) is 11.0. The highest BCUT2D eigenvalue weighted by atomic mass is 16.3. The van der Waals surface area contributed by atoms with Gasteiger partial charge in [-0.25, -0.2) is 0 Å². The number of aromatic amines is 1. The number of hydrogen-bond donors (Lipinski definition) is 3. The molecule has 4 nitrogen and oxygen atoms in total. The second-order valence-electron chi connectivity index (χ2n) is 3.74. The third-order valence-corrected chi connectivity index (χ3v) is 2.50. The van der Waals surface area contributed by atoms with Gasteiger partial charge in [-0.1, -0.05) is 24.3 Å². The second-order valence-corrected chi connectivity index (χ2v) is 3.74. The standard InChI is InChI=1S/C13H14N2O2/c16-9-11-5-3-10(4-6-11)8-15-13(17)12-2-1-7-14-12/h1-7,14,16H,8-9H2,(H,15,17). The third-order valence-electron chi connectivity index (χ3n) is 2.50. The largest absolute Gasteiger partial charge is 0.392 e. The summed E-state index contributed by atoms with van der Waals surface area (Å²) in [6.07, 6.45) is 1.71. The molecule has 0 saturated carbocycles. The molecule has 88 valence electrons. The minimum absolute atomic E-state index is 0.0368. The maximum atomic E-state index is 11.6. The van der Waals surface area contributed by atoms with Crippen LogP contribution in [0.5, 0.6) is 0 Å². The molecule has 0 radical (unpaired) electrons. The Balaban J connectivity index is 1.91. The molecule has 0 atom stereocenters. The van der Waals surface area contributed by atoms with E-state index >= 15 is 0 Å². The Hall–Kier alpha value is -2.07. The van der Waals surface area contributed by atoms with Crippen molar-refractivity contribution in [1.29, 1.82) is 0 Å². The summed E-state index contributed by atoms with van der Waals surface area (Å²) >= 11 is 0. The molecule has 17 heavy (non-hydrogen) atoms. The molecular formula is C13H14N2O2. The number of aliphatic hydroxyl groups is 1. The van der Waals surface area contributed by atoms with E-state index in [0.29, 0.717) is 12.2 Å². The van der Waals surface area contributed by atoms with E-state index in [9.17, 15) is 4.79 Å². The number of carbonyl (C=O) groups is 1. The minimum Gasteiger partial charge on any atom is -0.392 e. The van der Waals surface area contributed by atoms with Gasteiger partial charge in [-0.15, -0.1) is 0 Å². The summed E-state index contributed by atoms with van der Waals surface area (Å²) in [4.78, 5) is 14.5. The van der Waals surface area contributed by atoms with Gasteiger partial charge in [0.05, 0.1) is 6.61 Å². The lowest BCUT2D eigenvalue weighted by molar-refractivity contribution is 0.0946. The van der Waals surface area contributed by atoms with E-state index in [1.54, 1.807) is 18.3 Å². The number of aliphatic hydroxyl groups excluding tert-OH is 1. The molecule has 0 aliphatic carbocycles. The van der Waals surface area contributed by atoms with Crippen LogP contribution in [0.15, 0.2) is 42.6 Å². The number of carbonyl (C=O) groups excluding carboxylic acids is 1. The molecule has 2 rings (SSSR count). The first kappa shape index (κ1) is 11.4. The SMILES string of the molecule is O=C(NCc1ccc(CO)cc1)c1ccc[nH]1. The molecule has 0 aliphatic rings. The van der Waals surface area contributed by atoms with Gasteiger partial charge in [0.1, 0.15) is 5.69 Å². The summed E-state index contributed by atoms with van der Waals surface area (Å²) in [7, 11) is 0. The molecule has 1 aromatic carbocycles. The monoisotopic (exact) mass is 230 g/mol. The molecule has 0 fully saturated rings. The number of nitrogens with one attached hydrogen (secondary N) is 2. The lowest BCUT2D eigenvalue weighted by atomic mass is 10.1. The zero-order valence-electron chi connectivity index (χ0n) is 9.31. The summed E-state index contributed by atoms with van der Waals surface area (Å²) in [6.45, 7) is 0.513. The van der Waals surface area contributed by atoms with Gasteiger partial charge in [0.2, 0.25) is 0 Å². The number of benzene rings is 1. The molecule has 1 amide bonds. The molecule has 1 aromatic heterocycles. The van der Waals surface area contributed by atoms with Crippen molar-refractivity contribution in [2.75, 3.05) is 0 Å². The van der Waals surface area contributed by atoms with Crippen LogP contribution in [0.3, 0.4) is 0 Å². The van der Waals surface area contributed by atoms with E-state index in [1.807, 2.05) is 24.3 Å². The summed E-state index contributed by atoms with van der Waals surface area (Å²) in [5.41, 5.74) is 2.42.